The zero-order chi connectivity index (χ0) is 22.9. The van der Waals surface area contributed by atoms with Gasteiger partial charge in [0.05, 0.1) is 35.4 Å². The smallest absolute Gasteiger partial charge is 0.287 e. The van der Waals surface area contributed by atoms with Gasteiger partial charge < -0.3 is 20.5 Å². The van der Waals surface area contributed by atoms with Crippen LogP contribution < -0.4 is 16.0 Å². The van der Waals surface area contributed by atoms with E-state index in [0.29, 0.717) is 21.5 Å². The van der Waals surface area contributed by atoms with E-state index in [1.54, 1.807) is 6.07 Å². The van der Waals surface area contributed by atoms with Gasteiger partial charge in [0.15, 0.2) is 5.82 Å². The molecule has 33 heavy (non-hydrogen) atoms. The molecule has 0 aliphatic carbocycles. The van der Waals surface area contributed by atoms with Crippen LogP contribution in [0.15, 0.2) is 36.8 Å². The molecule has 0 saturated carbocycles. The molecule has 4 aromatic rings. The van der Waals surface area contributed by atoms with Gasteiger partial charge in [0.2, 0.25) is 11.7 Å². The van der Waals surface area contributed by atoms with Crippen LogP contribution in [0.5, 0.6) is 0 Å². The predicted molar refractivity (Wildman–Crippen MR) is 115 cm³/mol. The molecule has 0 spiro atoms. The lowest BCUT2D eigenvalue weighted by Crippen LogP contribution is -2.37. The van der Waals surface area contributed by atoms with Crippen LogP contribution in [0.3, 0.4) is 0 Å². The van der Waals surface area contributed by atoms with E-state index in [-0.39, 0.29) is 42.9 Å². The lowest BCUT2D eigenvalue weighted by Gasteiger charge is -2.17. The number of amides is 3. The van der Waals surface area contributed by atoms with Gasteiger partial charge in [-0.05, 0) is 29.7 Å². The van der Waals surface area contributed by atoms with E-state index in [2.05, 4.69) is 35.3 Å². The second-order valence-corrected chi connectivity index (χ2v) is 7.90. The van der Waals surface area contributed by atoms with Crippen LogP contribution in [0.25, 0.3) is 10.1 Å². The Morgan fingerprint density at radius 2 is 2.12 bits per heavy atom. The van der Waals surface area contributed by atoms with Gasteiger partial charge in [-0.15, -0.1) is 0 Å². The number of hydrogen-bond acceptors (Lipinski definition) is 8. The number of nitrogens with zero attached hydrogens (tertiary/aromatic N) is 5. The first kappa shape index (κ1) is 20.6. The number of hydrogen-bond donors (Lipinski definition) is 3. The maximum Gasteiger partial charge on any atom is 0.287 e. The number of carbonyl (C=O) groups is 3. The second-order valence-electron chi connectivity index (χ2n) is 7.10. The maximum atomic E-state index is 13.7. The number of imidazole rings is 1. The summed E-state index contributed by atoms with van der Waals surface area (Å²) >= 11 is 1.07. The number of aromatic nitrogens is 5. The number of halogens is 1. The molecule has 0 unspecified atom stereocenters. The molecule has 0 bridgehead atoms. The largest absolute Gasteiger partial charge is 0.349 e. The highest BCUT2D eigenvalue weighted by atomic mass is 32.1. The van der Waals surface area contributed by atoms with Crippen LogP contribution in [0, 0.1) is 5.82 Å². The van der Waals surface area contributed by atoms with E-state index >= 15 is 0 Å². The SMILES string of the molecule is O=C1Cn2c(C(=O)NCc3cnccn3)nc(NC(=O)c3nsc4ccc(F)cc34)c2CN1. The average Bonchev–Trinajstić information content (AvgIpc) is 3.39. The molecule has 3 amide bonds. The number of benzene rings is 1. The summed E-state index contributed by atoms with van der Waals surface area (Å²) < 4.78 is 19.9. The lowest BCUT2D eigenvalue weighted by molar-refractivity contribution is -0.122. The normalized spacial score (nSPS) is 12.8. The number of rotatable bonds is 5. The van der Waals surface area contributed by atoms with Crippen molar-refractivity contribution >= 4 is 45.2 Å². The Labute approximate surface area is 189 Å². The summed E-state index contributed by atoms with van der Waals surface area (Å²) in [6.07, 6.45) is 4.54. The fraction of sp³-hybridized carbons (Fsp3) is 0.150. The molecule has 0 fully saturated rings. The summed E-state index contributed by atoms with van der Waals surface area (Å²) in [4.78, 5) is 49.9. The molecule has 5 rings (SSSR count). The molecule has 166 valence electrons. The Balaban J connectivity index is 1.43. The van der Waals surface area contributed by atoms with Crippen LogP contribution in [0.4, 0.5) is 10.2 Å². The third-order valence-corrected chi connectivity index (χ3v) is 5.78. The van der Waals surface area contributed by atoms with E-state index in [4.69, 9.17) is 0 Å². The van der Waals surface area contributed by atoms with Crippen molar-refractivity contribution in [3.05, 3.63) is 65.5 Å². The molecule has 0 atom stereocenters. The van der Waals surface area contributed by atoms with Crippen molar-refractivity contribution in [2.24, 2.45) is 0 Å². The van der Waals surface area contributed by atoms with Gasteiger partial charge in [-0.25, -0.2) is 9.37 Å². The van der Waals surface area contributed by atoms with Gasteiger partial charge in [0.1, 0.15) is 18.1 Å². The molecule has 1 aliphatic rings. The van der Waals surface area contributed by atoms with Crippen molar-refractivity contribution in [1.82, 2.24) is 34.5 Å². The molecule has 11 nitrogen and oxygen atoms in total. The minimum absolute atomic E-state index is 0.0341. The molecule has 4 heterocycles. The van der Waals surface area contributed by atoms with E-state index in [1.807, 2.05) is 0 Å². The van der Waals surface area contributed by atoms with Gasteiger partial charge in [0, 0.05) is 17.8 Å². The quantitative estimate of drug-likeness (QED) is 0.401. The first-order valence-electron chi connectivity index (χ1n) is 9.75. The zero-order valence-corrected chi connectivity index (χ0v) is 17.6. The van der Waals surface area contributed by atoms with Crippen LogP contribution in [0.1, 0.15) is 32.5 Å². The van der Waals surface area contributed by atoms with Crippen molar-refractivity contribution in [1.29, 1.82) is 0 Å². The first-order valence-corrected chi connectivity index (χ1v) is 10.5. The van der Waals surface area contributed by atoms with E-state index in [1.165, 1.54) is 35.3 Å². The average molecular weight is 466 g/mol. The number of anilines is 1. The Kier molecular flexibility index (Phi) is 5.22. The Morgan fingerprint density at radius 1 is 1.24 bits per heavy atom. The zero-order valence-electron chi connectivity index (χ0n) is 16.8. The van der Waals surface area contributed by atoms with Crippen LogP contribution >= 0.6 is 11.5 Å². The minimum atomic E-state index is -0.601. The van der Waals surface area contributed by atoms with E-state index < -0.39 is 17.6 Å². The Hall–Kier alpha value is -4.26. The highest BCUT2D eigenvalue weighted by Gasteiger charge is 2.28. The molecule has 3 N–H and O–H groups in total. The molecule has 0 radical (unpaired) electrons. The van der Waals surface area contributed by atoms with Gasteiger partial charge in [-0.1, -0.05) is 0 Å². The van der Waals surface area contributed by atoms with Crippen LogP contribution in [-0.4, -0.2) is 41.6 Å². The van der Waals surface area contributed by atoms with Crippen molar-refractivity contribution in [2.75, 3.05) is 5.32 Å². The number of fused-ring (bicyclic) bond motifs is 2. The third kappa shape index (κ3) is 4.01. The Bertz CT molecular complexity index is 1400. The first-order chi connectivity index (χ1) is 16.0. The molecule has 1 aliphatic heterocycles. The summed E-state index contributed by atoms with van der Waals surface area (Å²) in [6.45, 7) is 0.0569. The highest BCUT2D eigenvalue weighted by molar-refractivity contribution is 7.13. The molecule has 0 saturated heterocycles. The van der Waals surface area contributed by atoms with Gasteiger partial charge in [-0.3, -0.25) is 24.4 Å². The van der Waals surface area contributed by atoms with Crippen molar-refractivity contribution < 1.29 is 18.8 Å². The molecule has 3 aromatic heterocycles. The van der Waals surface area contributed by atoms with Crippen LogP contribution in [-0.2, 0) is 24.4 Å². The van der Waals surface area contributed by atoms with E-state index in [0.717, 1.165) is 11.5 Å². The predicted octanol–water partition coefficient (Wildman–Crippen LogP) is 1.23. The van der Waals surface area contributed by atoms with Crippen LogP contribution in [0.2, 0.25) is 0 Å². The summed E-state index contributed by atoms with van der Waals surface area (Å²) in [5.41, 5.74) is 1.05. The summed E-state index contributed by atoms with van der Waals surface area (Å²) in [7, 11) is 0. The number of carbonyl (C=O) groups excluding carboxylic acids is 3. The summed E-state index contributed by atoms with van der Waals surface area (Å²) in [5.74, 6) is -1.84. The standard InChI is InChI=1S/C20H15FN8O3S/c21-10-1-2-14-12(5-10)16(28-33-14)19(31)27-17-13-8-24-15(30)9-29(13)18(26-17)20(32)25-7-11-6-22-3-4-23-11/h1-6H,7-9H2,(H,24,30)(H,25,32)(H,27,31). The maximum absolute atomic E-state index is 13.7. The molecule has 13 heteroatoms. The lowest BCUT2D eigenvalue weighted by atomic mass is 10.2. The minimum Gasteiger partial charge on any atom is -0.349 e. The second kappa shape index (κ2) is 8.35. The number of nitrogens with one attached hydrogen (secondary N) is 3. The van der Waals surface area contributed by atoms with Gasteiger partial charge in [-0.2, -0.15) is 4.37 Å². The van der Waals surface area contributed by atoms with Gasteiger partial charge in [0.25, 0.3) is 11.8 Å². The third-order valence-electron chi connectivity index (χ3n) is 4.96. The fourth-order valence-corrected chi connectivity index (χ4v) is 4.16. The summed E-state index contributed by atoms with van der Waals surface area (Å²) in [6, 6.07) is 4.08. The van der Waals surface area contributed by atoms with Crippen molar-refractivity contribution in [3.8, 4) is 0 Å². The molecule has 1 aromatic carbocycles. The topological polar surface area (TPSA) is 144 Å². The van der Waals surface area contributed by atoms with Crippen molar-refractivity contribution in [3.63, 3.8) is 0 Å². The highest BCUT2D eigenvalue weighted by Crippen LogP contribution is 2.26. The monoisotopic (exact) mass is 466 g/mol. The van der Waals surface area contributed by atoms with Crippen molar-refractivity contribution in [2.45, 2.75) is 19.6 Å². The molecular weight excluding hydrogens is 451 g/mol. The molecular formula is C20H15FN8O3S. The van der Waals surface area contributed by atoms with E-state index in [9.17, 15) is 18.8 Å². The van der Waals surface area contributed by atoms with Gasteiger partial charge >= 0.3 is 0 Å². The summed E-state index contributed by atoms with van der Waals surface area (Å²) in [5, 5.41) is 8.37. The Morgan fingerprint density at radius 3 is 2.94 bits per heavy atom. The fourth-order valence-electron chi connectivity index (χ4n) is 3.40.